The lowest BCUT2D eigenvalue weighted by molar-refractivity contribution is 0.0696. The number of hydrogen-bond acceptors (Lipinski definition) is 3. The molecular weight excluding hydrogens is 349 g/mol. The molecule has 5 nitrogen and oxygen atoms in total. The SMILES string of the molecule is O=C(O)c1coc(C(=O)Nc2cccc(I)c2)c1. The van der Waals surface area contributed by atoms with Gasteiger partial charge in [-0.1, -0.05) is 6.07 Å². The van der Waals surface area contributed by atoms with Crippen molar-refractivity contribution in [2.75, 3.05) is 5.32 Å². The molecule has 0 aliphatic carbocycles. The molecule has 6 heteroatoms. The Bertz CT molecular complexity index is 606. The van der Waals surface area contributed by atoms with Gasteiger partial charge in [0.15, 0.2) is 5.76 Å². The number of carboxylic acid groups (broad SMARTS) is 1. The molecule has 1 heterocycles. The van der Waals surface area contributed by atoms with Crippen LogP contribution in [0.25, 0.3) is 0 Å². The number of anilines is 1. The Hall–Kier alpha value is -1.83. The minimum Gasteiger partial charge on any atom is -0.478 e. The van der Waals surface area contributed by atoms with Crippen LogP contribution in [0.15, 0.2) is 41.0 Å². The zero-order valence-electron chi connectivity index (χ0n) is 9.01. The molecular formula is C12H8INO4. The Morgan fingerprint density at radius 3 is 2.67 bits per heavy atom. The number of halogens is 1. The standard InChI is InChI=1S/C12H8INO4/c13-8-2-1-3-9(5-8)14-11(15)10-4-7(6-18-10)12(16)17/h1-6H,(H,14,15)(H,16,17). The van der Waals surface area contributed by atoms with Gasteiger partial charge in [0.05, 0.1) is 5.56 Å². The Labute approximate surface area is 116 Å². The predicted molar refractivity (Wildman–Crippen MR) is 72.8 cm³/mol. The normalized spacial score (nSPS) is 10.1. The lowest BCUT2D eigenvalue weighted by Crippen LogP contribution is -2.11. The van der Waals surface area contributed by atoms with E-state index in [0.717, 1.165) is 9.83 Å². The molecule has 1 amide bonds. The molecule has 18 heavy (non-hydrogen) atoms. The monoisotopic (exact) mass is 357 g/mol. The van der Waals surface area contributed by atoms with Gasteiger partial charge in [0.25, 0.3) is 5.91 Å². The van der Waals surface area contributed by atoms with Crippen LogP contribution in [0.4, 0.5) is 5.69 Å². The fourth-order valence-electron chi connectivity index (χ4n) is 1.33. The van der Waals surface area contributed by atoms with Crippen molar-refractivity contribution < 1.29 is 19.1 Å². The first-order valence-electron chi connectivity index (χ1n) is 4.95. The first kappa shape index (κ1) is 12.6. The van der Waals surface area contributed by atoms with E-state index in [0.29, 0.717) is 5.69 Å². The Morgan fingerprint density at radius 2 is 2.06 bits per heavy atom. The number of carbonyl (C=O) groups is 2. The maximum absolute atomic E-state index is 11.8. The van der Waals surface area contributed by atoms with Crippen molar-refractivity contribution in [2.45, 2.75) is 0 Å². The van der Waals surface area contributed by atoms with Crippen LogP contribution in [-0.2, 0) is 0 Å². The third kappa shape index (κ3) is 2.89. The summed E-state index contributed by atoms with van der Waals surface area (Å²) in [7, 11) is 0. The Morgan fingerprint density at radius 1 is 1.28 bits per heavy atom. The van der Waals surface area contributed by atoms with Gasteiger partial charge in [0.1, 0.15) is 6.26 Å². The van der Waals surface area contributed by atoms with Gasteiger partial charge in [-0.15, -0.1) is 0 Å². The van der Waals surface area contributed by atoms with Crippen molar-refractivity contribution in [1.82, 2.24) is 0 Å². The largest absolute Gasteiger partial charge is 0.478 e. The number of carboxylic acids is 1. The number of furan rings is 1. The van der Waals surface area contributed by atoms with E-state index >= 15 is 0 Å². The highest BCUT2D eigenvalue weighted by Gasteiger charge is 2.14. The zero-order chi connectivity index (χ0) is 13.1. The lowest BCUT2D eigenvalue weighted by Gasteiger charge is -2.02. The number of benzene rings is 1. The number of nitrogens with one attached hydrogen (secondary N) is 1. The van der Waals surface area contributed by atoms with Crippen molar-refractivity contribution in [3.8, 4) is 0 Å². The first-order chi connectivity index (χ1) is 8.56. The van der Waals surface area contributed by atoms with Crippen LogP contribution < -0.4 is 5.32 Å². The van der Waals surface area contributed by atoms with Crippen LogP contribution in [0.5, 0.6) is 0 Å². The minimum atomic E-state index is -1.13. The number of hydrogen-bond donors (Lipinski definition) is 2. The highest BCUT2D eigenvalue weighted by molar-refractivity contribution is 14.1. The molecule has 0 atom stereocenters. The molecule has 0 saturated heterocycles. The second kappa shape index (κ2) is 5.21. The molecule has 0 saturated carbocycles. The Balaban J connectivity index is 2.14. The predicted octanol–water partition coefficient (Wildman–Crippen LogP) is 2.83. The molecule has 0 bridgehead atoms. The number of amides is 1. The summed E-state index contributed by atoms with van der Waals surface area (Å²) in [5, 5.41) is 11.3. The second-order valence-electron chi connectivity index (χ2n) is 3.47. The summed E-state index contributed by atoms with van der Waals surface area (Å²) in [4.78, 5) is 22.4. The average Bonchev–Trinajstić information content (AvgIpc) is 2.78. The van der Waals surface area contributed by atoms with Gasteiger partial charge in [-0.3, -0.25) is 4.79 Å². The van der Waals surface area contributed by atoms with E-state index in [1.165, 1.54) is 6.07 Å². The molecule has 0 aliphatic heterocycles. The van der Waals surface area contributed by atoms with Crippen molar-refractivity contribution in [2.24, 2.45) is 0 Å². The first-order valence-corrected chi connectivity index (χ1v) is 6.03. The fourth-order valence-corrected chi connectivity index (χ4v) is 1.87. The third-order valence-corrected chi connectivity index (χ3v) is 2.82. The van der Waals surface area contributed by atoms with Crippen molar-refractivity contribution in [3.05, 3.63) is 51.5 Å². The zero-order valence-corrected chi connectivity index (χ0v) is 11.2. The van der Waals surface area contributed by atoms with E-state index < -0.39 is 11.9 Å². The quantitative estimate of drug-likeness (QED) is 0.828. The Kier molecular flexibility index (Phi) is 3.66. The maximum Gasteiger partial charge on any atom is 0.338 e. The van der Waals surface area contributed by atoms with Gasteiger partial charge >= 0.3 is 5.97 Å². The molecule has 0 fully saturated rings. The van der Waals surface area contributed by atoms with Gasteiger partial charge in [0.2, 0.25) is 0 Å². The number of aromatic carboxylic acids is 1. The van der Waals surface area contributed by atoms with Crippen molar-refractivity contribution in [3.63, 3.8) is 0 Å². The van der Waals surface area contributed by atoms with E-state index in [4.69, 9.17) is 9.52 Å². The van der Waals surface area contributed by atoms with E-state index in [2.05, 4.69) is 27.9 Å². The second-order valence-corrected chi connectivity index (χ2v) is 4.71. The number of carbonyl (C=O) groups excluding carboxylic acids is 1. The molecule has 2 aromatic rings. The molecule has 1 aromatic heterocycles. The maximum atomic E-state index is 11.8. The van der Waals surface area contributed by atoms with Gasteiger partial charge in [-0.05, 0) is 40.8 Å². The summed E-state index contributed by atoms with van der Waals surface area (Å²) >= 11 is 2.13. The molecule has 0 aliphatic rings. The van der Waals surface area contributed by atoms with Gasteiger partial charge in [0, 0.05) is 15.3 Å². The summed E-state index contributed by atoms with van der Waals surface area (Å²) in [6, 6.07) is 8.42. The highest BCUT2D eigenvalue weighted by atomic mass is 127. The van der Waals surface area contributed by atoms with Gasteiger partial charge in [-0.25, -0.2) is 4.79 Å². The minimum absolute atomic E-state index is 0.0359. The average molecular weight is 357 g/mol. The summed E-state index contributed by atoms with van der Waals surface area (Å²) < 4.78 is 5.88. The molecule has 0 radical (unpaired) electrons. The lowest BCUT2D eigenvalue weighted by atomic mass is 10.3. The molecule has 0 spiro atoms. The van der Waals surface area contributed by atoms with E-state index in [1.54, 1.807) is 12.1 Å². The third-order valence-electron chi connectivity index (χ3n) is 2.15. The fraction of sp³-hybridized carbons (Fsp3) is 0. The molecule has 1 aromatic carbocycles. The summed E-state index contributed by atoms with van der Waals surface area (Å²) in [5.74, 6) is -1.65. The smallest absolute Gasteiger partial charge is 0.338 e. The van der Waals surface area contributed by atoms with Crippen LogP contribution in [-0.4, -0.2) is 17.0 Å². The van der Waals surface area contributed by atoms with Crippen LogP contribution in [0.1, 0.15) is 20.9 Å². The van der Waals surface area contributed by atoms with E-state index in [1.807, 2.05) is 12.1 Å². The van der Waals surface area contributed by atoms with Crippen LogP contribution >= 0.6 is 22.6 Å². The van der Waals surface area contributed by atoms with Crippen molar-refractivity contribution in [1.29, 1.82) is 0 Å². The summed E-state index contributed by atoms with van der Waals surface area (Å²) in [5.41, 5.74) is 0.572. The summed E-state index contributed by atoms with van der Waals surface area (Å²) in [6.45, 7) is 0. The molecule has 2 rings (SSSR count). The molecule has 0 unspecified atom stereocenters. The summed E-state index contributed by atoms with van der Waals surface area (Å²) in [6.07, 6.45) is 1.03. The van der Waals surface area contributed by atoms with E-state index in [-0.39, 0.29) is 11.3 Å². The van der Waals surface area contributed by atoms with Gasteiger partial charge < -0.3 is 14.8 Å². The molecule has 2 N–H and O–H groups in total. The highest BCUT2D eigenvalue weighted by Crippen LogP contribution is 2.15. The number of rotatable bonds is 3. The van der Waals surface area contributed by atoms with Crippen LogP contribution in [0.2, 0.25) is 0 Å². The molecule has 92 valence electrons. The van der Waals surface area contributed by atoms with Gasteiger partial charge in [-0.2, -0.15) is 0 Å². The van der Waals surface area contributed by atoms with Crippen LogP contribution in [0.3, 0.4) is 0 Å². The topological polar surface area (TPSA) is 79.5 Å². The van der Waals surface area contributed by atoms with Crippen molar-refractivity contribution >= 4 is 40.2 Å². The van der Waals surface area contributed by atoms with Crippen LogP contribution in [0, 0.1) is 3.57 Å². The van der Waals surface area contributed by atoms with E-state index in [9.17, 15) is 9.59 Å².